The number of hydrogen-bond donors (Lipinski definition) is 2. The molecular weight excluding hydrogens is 222 g/mol. The molecule has 1 aromatic rings. The molecule has 0 amide bonds. The van der Waals surface area contributed by atoms with E-state index in [0.29, 0.717) is 0 Å². The maximum atomic E-state index is 8.71. The summed E-state index contributed by atoms with van der Waals surface area (Å²) in [6, 6.07) is 9.17. The highest BCUT2D eigenvalue weighted by atomic mass is 32.1. The lowest BCUT2D eigenvalue weighted by atomic mass is 10.3. The lowest BCUT2D eigenvalue weighted by Crippen LogP contribution is -2.11. The third kappa shape index (κ3) is 3.26. The maximum absolute atomic E-state index is 8.71. The molecule has 0 unspecified atom stereocenters. The van der Waals surface area contributed by atoms with Gasteiger partial charge in [-0.05, 0) is 24.3 Å². The Morgan fingerprint density at radius 1 is 1.50 bits per heavy atom. The molecule has 0 spiro atoms. The monoisotopic (exact) mass is 233 g/mol. The number of thiocarbonyl (C=S) groups is 1. The van der Waals surface area contributed by atoms with Crippen LogP contribution in [0.15, 0.2) is 36.0 Å². The summed E-state index contributed by atoms with van der Waals surface area (Å²) < 4.78 is 5.02. The first kappa shape index (κ1) is 12.0. The van der Waals surface area contributed by atoms with Crippen LogP contribution < -0.4 is 15.8 Å². The number of anilines is 1. The van der Waals surface area contributed by atoms with E-state index in [2.05, 4.69) is 5.32 Å². The summed E-state index contributed by atoms with van der Waals surface area (Å²) >= 11 is 4.70. The second-order valence-corrected chi connectivity index (χ2v) is 3.35. The second-order valence-electron chi connectivity index (χ2n) is 2.91. The number of nitriles is 1. The molecule has 0 fully saturated rings. The van der Waals surface area contributed by atoms with Crippen LogP contribution in [-0.4, -0.2) is 12.1 Å². The largest absolute Gasteiger partial charge is 0.497 e. The van der Waals surface area contributed by atoms with E-state index >= 15 is 0 Å². The molecule has 0 bridgehead atoms. The molecule has 0 aromatic heterocycles. The molecule has 82 valence electrons. The van der Waals surface area contributed by atoms with E-state index in [0.717, 1.165) is 11.4 Å². The minimum Gasteiger partial charge on any atom is -0.497 e. The molecule has 0 aliphatic heterocycles. The number of methoxy groups -OCH3 is 1. The Morgan fingerprint density at radius 2 is 2.12 bits per heavy atom. The van der Waals surface area contributed by atoms with Crippen molar-refractivity contribution in [1.29, 1.82) is 5.26 Å². The molecule has 3 N–H and O–H groups in total. The summed E-state index contributed by atoms with van der Waals surface area (Å²) in [5, 5.41) is 11.6. The number of rotatable bonds is 4. The van der Waals surface area contributed by atoms with Crippen LogP contribution in [0.5, 0.6) is 5.75 Å². The van der Waals surface area contributed by atoms with Crippen molar-refractivity contribution in [2.24, 2.45) is 5.73 Å². The van der Waals surface area contributed by atoms with Crippen LogP contribution >= 0.6 is 12.2 Å². The summed E-state index contributed by atoms with van der Waals surface area (Å²) in [5.74, 6) is 0.768. The first-order valence-electron chi connectivity index (χ1n) is 4.48. The standard InChI is InChI=1S/C11H11N3OS/c1-15-10-4-2-9(3-5-10)14-7-8(6-12)11(13)16/h2-5,7,14H,1H3,(H2,13,16)/b8-7-. The maximum Gasteiger partial charge on any atom is 0.119 e. The van der Waals surface area contributed by atoms with E-state index in [9.17, 15) is 0 Å². The topological polar surface area (TPSA) is 71.1 Å². The average molecular weight is 233 g/mol. The molecule has 4 nitrogen and oxygen atoms in total. The van der Waals surface area contributed by atoms with Gasteiger partial charge in [-0.3, -0.25) is 0 Å². The zero-order chi connectivity index (χ0) is 12.0. The Hall–Kier alpha value is -2.06. The van der Waals surface area contributed by atoms with Gasteiger partial charge in [0.1, 0.15) is 22.4 Å². The van der Waals surface area contributed by atoms with Gasteiger partial charge in [0.25, 0.3) is 0 Å². The van der Waals surface area contributed by atoms with Crippen molar-refractivity contribution >= 4 is 22.9 Å². The number of nitrogens with two attached hydrogens (primary N) is 1. The predicted molar refractivity (Wildman–Crippen MR) is 67.1 cm³/mol. The highest BCUT2D eigenvalue weighted by Gasteiger charge is 1.98. The molecule has 0 aliphatic carbocycles. The highest BCUT2D eigenvalue weighted by Crippen LogP contribution is 2.15. The van der Waals surface area contributed by atoms with Crippen LogP contribution in [0.25, 0.3) is 0 Å². The fourth-order valence-electron chi connectivity index (χ4n) is 1.00. The zero-order valence-electron chi connectivity index (χ0n) is 8.73. The average Bonchev–Trinajstić information content (AvgIpc) is 2.30. The van der Waals surface area contributed by atoms with Gasteiger partial charge < -0.3 is 15.8 Å². The molecule has 16 heavy (non-hydrogen) atoms. The Bertz CT molecular complexity index is 445. The first-order valence-corrected chi connectivity index (χ1v) is 4.89. The summed E-state index contributed by atoms with van der Waals surface area (Å²) in [6.45, 7) is 0. The molecular formula is C11H11N3OS. The van der Waals surface area contributed by atoms with Crippen molar-refractivity contribution in [2.45, 2.75) is 0 Å². The fourth-order valence-corrected chi connectivity index (χ4v) is 1.11. The number of ether oxygens (including phenoxy) is 1. The van der Waals surface area contributed by atoms with E-state index in [4.69, 9.17) is 28.0 Å². The third-order valence-electron chi connectivity index (χ3n) is 1.86. The Labute approximate surface area is 99.3 Å². The smallest absolute Gasteiger partial charge is 0.119 e. The lowest BCUT2D eigenvalue weighted by Gasteiger charge is -2.03. The fraction of sp³-hybridized carbons (Fsp3) is 0.0909. The van der Waals surface area contributed by atoms with Crippen molar-refractivity contribution in [3.8, 4) is 11.8 Å². The van der Waals surface area contributed by atoms with E-state index in [1.165, 1.54) is 6.20 Å². The number of nitrogens with one attached hydrogen (secondary N) is 1. The number of hydrogen-bond acceptors (Lipinski definition) is 4. The van der Waals surface area contributed by atoms with Crippen LogP contribution in [0.4, 0.5) is 5.69 Å². The van der Waals surface area contributed by atoms with Crippen molar-refractivity contribution in [3.05, 3.63) is 36.0 Å². The van der Waals surface area contributed by atoms with E-state index in [1.54, 1.807) is 7.11 Å². The van der Waals surface area contributed by atoms with Gasteiger partial charge in [0.2, 0.25) is 0 Å². The Balaban J connectivity index is 2.74. The highest BCUT2D eigenvalue weighted by molar-refractivity contribution is 7.80. The van der Waals surface area contributed by atoms with Gasteiger partial charge in [-0.1, -0.05) is 12.2 Å². The quantitative estimate of drug-likeness (QED) is 0.471. The SMILES string of the molecule is COc1ccc(N/C=C(/C#N)C(N)=S)cc1. The number of nitrogens with zero attached hydrogens (tertiary/aromatic N) is 1. The van der Waals surface area contributed by atoms with Gasteiger partial charge >= 0.3 is 0 Å². The summed E-state index contributed by atoms with van der Waals surface area (Å²) in [7, 11) is 1.60. The van der Waals surface area contributed by atoms with Crippen molar-refractivity contribution in [2.75, 3.05) is 12.4 Å². The molecule has 5 heteroatoms. The molecule has 0 heterocycles. The van der Waals surface area contributed by atoms with Crippen molar-refractivity contribution in [1.82, 2.24) is 0 Å². The normalized spacial score (nSPS) is 10.4. The van der Waals surface area contributed by atoms with Crippen molar-refractivity contribution in [3.63, 3.8) is 0 Å². The van der Waals surface area contributed by atoms with Gasteiger partial charge in [-0.25, -0.2) is 0 Å². The van der Waals surface area contributed by atoms with Crippen LogP contribution in [0.1, 0.15) is 0 Å². The zero-order valence-corrected chi connectivity index (χ0v) is 9.54. The van der Waals surface area contributed by atoms with Crippen LogP contribution in [0, 0.1) is 11.3 Å². The second kappa shape index (κ2) is 5.73. The Kier molecular flexibility index (Phi) is 4.30. The molecule has 0 atom stereocenters. The predicted octanol–water partition coefficient (Wildman–Crippen LogP) is 1.80. The Morgan fingerprint density at radius 3 is 2.56 bits per heavy atom. The van der Waals surface area contributed by atoms with Crippen molar-refractivity contribution < 1.29 is 4.74 Å². The lowest BCUT2D eigenvalue weighted by molar-refractivity contribution is 0.415. The van der Waals surface area contributed by atoms with E-state index in [1.807, 2.05) is 30.3 Å². The third-order valence-corrected chi connectivity index (χ3v) is 2.08. The van der Waals surface area contributed by atoms with Crippen LogP contribution in [0.3, 0.4) is 0 Å². The van der Waals surface area contributed by atoms with Crippen LogP contribution in [-0.2, 0) is 0 Å². The summed E-state index contributed by atoms with van der Waals surface area (Å²) in [6.07, 6.45) is 1.48. The summed E-state index contributed by atoms with van der Waals surface area (Å²) in [5.41, 5.74) is 6.40. The summed E-state index contributed by atoms with van der Waals surface area (Å²) in [4.78, 5) is 0.0727. The van der Waals surface area contributed by atoms with E-state index in [-0.39, 0.29) is 10.6 Å². The van der Waals surface area contributed by atoms with E-state index < -0.39 is 0 Å². The van der Waals surface area contributed by atoms with Gasteiger partial charge in [-0.2, -0.15) is 5.26 Å². The minimum atomic E-state index is 0.0727. The van der Waals surface area contributed by atoms with Gasteiger partial charge in [0.15, 0.2) is 0 Å². The van der Waals surface area contributed by atoms with Gasteiger partial charge in [-0.15, -0.1) is 0 Å². The molecule has 0 saturated carbocycles. The molecule has 1 aromatic carbocycles. The van der Waals surface area contributed by atoms with Gasteiger partial charge in [0.05, 0.1) is 7.11 Å². The van der Waals surface area contributed by atoms with Crippen LogP contribution in [0.2, 0.25) is 0 Å². The minimum absolute atomic E-state index is 0.0727. The molecule has 0 aliphatic rings. The molecule has 0 saturated heterocycles. The molecule has 0 radical (unpaired) electrons. The van der Waals surface area contributed by atoms with Gasteiger partial charge in [0, 0.05) is 11.9 Å². The number of benzene rings is 1. The molecule has 1 rings (SSSR count). The first-order chi connectivity index (χ1) is 7.67.